The maximum absolute atomic E-state index is 13.8. The van der Waals surface area contributed by atoms with Crippen molar-refractivity contribution in [3.63, 3.8) is 0 Å². The normalized spacial score (nSPS) is 13.8. The summed E-state index contributed by atoms with van der Waals surface area (Å²) < 4.78 is 49.7. The lowest BCUT2D eigenvalue weighted by atomic mass is 10.00. The van der Waals surface area contributed by atoms with Crippen molar-refractivity contribution in [2.45, 2.75) is 31.6 Å². The fraction of sp³-hybridized carbons (Fsp3) is 0.600. The van der Waals surface area contributed by atoms with Gasteiger partial charge in [0.15, 0.2) is 0 Å². The van der Waals surface area contributed by atoms with Gasteiger partial charge in [0.05, 0.1) is 20.9 Å². The summed E-state index contributed by atoms with van der Waals surface area (Å²) in [6.45, 7) is -0.439. The van der Waals surface area contributed by atoms with Crippen molar-refractivity contribution < 1.29 is 22.6 Å². The van der Waals surface area contributed by atoms with Crippen molar-refractivity contribution in [3.05, 3.63) is 23.3 Å². The highest BCUT2D eigenvalue weighted by molar-refractivity contribution is 5.47. The van der Waals surface area contributed by atoms with E-state index in [1.807, 2.05) is 0 Å². The Morgan fingerprint density at radius 1 is 1.05 bits per heavy atom. The third kappa shape index (κ3) is 4.81. The molecule has 0 amide bonds. The van der Waals surface area contributed by atoms with Crippen molar-refractivity contribution >= 4 is 0 Å². The van der Waals surface area contributed by atoms with E-state index in [0.29, 0.717) is 30.0 Å². The highest BCUT2D eigenvalue weighted by atomic mass is 19.2. The minimum absolute atomic E-state index is 0.191. The zero-order chi connectivity index (χ0) is 15.8. The summed E-state index contributed by atoms with van der Waals surface area (Å²) in [6.07, 6.45) is -3.64. The van der Waals surface area contributed by atoms with E-state index in [1.165, 1.54) is 14.2 Å². The molecule has 0 aliphatic carbocycles. The standard InChI is InChI=1S/C15H22F3NO2/c1-20-14-9-11(7-13(18)12(17)3-5-16)15(21-2)8-10(14)4-6-19/h8-9,12-13H,3-7,19H2,1-2H3. The van der Waals surface area contributed by atoms with E-state index in [4.69, 9.17) is 15.2 Å². The molecule has 0 spiro atoms. The van der Waals surface area contributed by atoms with Gasteiger partial charge in [0.2, 0.25) is 0 Å². The Kier molecular flexibility index (Phi) is 7.36. The molecule has 1 aromatic rings. The summed E-state index contributed by atoms with van der Waals surface area (Å²) in [6, 6.07) is 3.34. The van der Waals surface area contributed by atoms with Crippen molar-refractivity contribution in [1.29, 1.82) is 0 Å². The van der Waals surface area contributed by atoms with E-state index in [-0.39, 0.29) is 6.42 Å². The van der Waals surface area contributed by atoms with Gasteiger partial charge in [0.1, 0.15) is 23.8 Å². The monoisotopic (exact) mass is 305 g/mol. The molecule has 1 aromatic carbocycles. The van der Waals surface area contributed by atoms with Crippen LogP contribution in [0.2, 0.25) is 0 Å². The Hall–Kier alpha value is -1.43. The molecule has 0 saturated heterocycles. The molecule has 0 saturated carbocycles. The SMILES string of the molecule is COc1cc(CC(F)C(F)CCF)c(OC)cc1CCN. The second-order valence-electron chi connectivity index (χ2n) is 4.73. The van der Waals surface area contributed by atoms with Crippen LogP contribution in [0.1, 0.15) is 17.5 Å². The maximum Gasteiger partial charge on any atom is 0.135 e. The smallest absolute Gasteiger partial charge is 0.135 e. The first kappa shape index (κ1) is 17.6. The lowest BCUT2D eigenvalue weighted by Gasteiger charge is -2.17. The van der Waals surface area contributed by atoms with E-state index < -0.39 is 25.4 Å². The first-order valence-electron chi connectivity index (χ1n) is 6.85. The lowest BCUT2D eigenvalue weighted by Crippen LogP contribution is -2.21. The Bertz CT molecular complexity index is 443. The highest BCUT2D eigenvalue weighted by Crippen LogP contribution is 2.31. The number of halogens is 3. The Morgan fingerprint density at radius 3 is 2.14 bits per heavy atom. The summed E-state index contributed by atoms with van der Waals surface area (Å²) >= 11 is 0. The van der Waals surface area contributed by atoms with Crippen LogP contribution in [0.15, 0.2) is 12.1 Å². The van der Waals surface area contributed by atoms with Crippen LogP contribution in [0.5, 0.6) is 11.5 Å². The molecule has 2 atom stereocenters. The summed E-state index contributed by atoms with van der Waals surface area (Å²) in [5.74, 6) is 1.01. The second kappa shape index (κ2) is 8.77. The molecule has 0 fully saturated rings. The number of benzene rings is 1. The quantitative estimate of drug-likeness (QED) is 0.763. The molecule has 0 aliphatic heterocycles. The van der Waals surface area contributed by atoms with Crippen LogP contribution >= 0.6 is 0 Å². The largest absolute Gasteiger partial charge is 0.496 e. The minimum atomic E-state index is -1.82. The molecule has 0 aliphatic rings. The van der Waals surface area contributed by atoms with Gasteiger partial charge in [0.25, 0.3) is 0 Å². The molecule has 1 rings (SSSR count). The summed E-state index contributed by atoms with van der Waals surface area (Å²) in [5.41, 5.74) is 6.86. The van der Waals surface area contributed by atoms with E-state index in [9.17, 15) is 13.2 Å². The summed E-state index contributed by atoms with van der Waals surface area (Å²) in [5, 5.41) is 0. The predicted octanol–water partition coefficient (Wildman–Crippen LogP) is 2.78. The molecule has 120 valence electrons. The third-order valence-corrected chi connectivity index (χ3v) is 3.29. The molecule has 0 heterocycles. The third-order valence-electron chi connectivity index (χ3n) is 3.29. The van der Waals surface area contributed by atoms with Crippen LogP contribution in [0, 0.1) is 0 Å². The number of methoxy groups -OCH3 is 2. The highest BCUT2D eigenvalue weighted by Gasteiger charge is 2.23. The fourth-order valence-electron chi connectivity index (χ4n) is 2.16. The van der Waals surface area contributed by atoms with Gasteiger partial charge in [-0.25, -0.2) is 8.78 Å². The average molecular weight is 305 g/mol. The zero-order valence-corrected chi connectivity index (χ0v) is 12.4. The van der Waals surface area contributed by atoms with Gasteiger partial charge >= 0.3 is 0 Å². The fourth-order valence-corrected chi connectivity index (χ4v) is 2.16. The molecule has 21 heavy (non-hydrogen) atoms. The molecular formula is C15H22F3NO2. The van der Waals surface area contributed by atoms with Gasteiger partial charge in [-0.2, -0.15) is 0 Å². The predicted molar refractivity (Wildman–Crippen MR) is 76.4 cm³/mol. The van der Waals surface area contributed by atoms with Gasteiger partial charge in [0, 0.05) is 18.4 Å². The molecule has 0 aromatic heterocycles. The number of hydrogen-bond donors (Lipinski definition) is 1. The molecule has 3 nitrogen and oxygen atoms in total. The second-order valence-corrected chi connectivity index (χ2v) is 4.73. The molecular weight excluding hydrogens is 283 g/mol. The molecule has 0 radical (unpaired) electrons. The minimum Gasteiger partial charge on any atom is -0.496 e. The van der Waals surface area contributed by atoms with Gasteiger partial charge in [-0.15, -0.1) is 0 Å². The van der Waals surface area contributed by atoms with E-state index in [0.717, 1.165) is 5.56 Å². The zero-order valence-electron chi connectivity index (χ0n) is 12.4. The van der Waals surface area contributed by atoms with Crippen LogP contribution < -0.4 is 15.2 Å². The number of rotatable bonds is 9. The Labute approximate surface area is 123 Å². The van der Waals surface area contributed by atoms with Crippen LogP contribution in [0.4, 0.5) is 13.2 Å². The first-order chi connectivity index (χ1) is 10.1. The molecule has 0 bridgehead atoms. The van der Waals surface area contributed by atoms with Crippen LogP contribution in [0.3, 0.4) is 0 Å². The Balaban J connectivity index is 2.99. The molecule has 2 N–H and O–H groups in total. The van der Waals surface area contributed by atoms with Crippen LogP contribution in [-0.2, 0) is 12.8 Å². The first-order valence-corrected chi connectivity index (χ1v) is 6.85. The van der Waals surface area contributed by atoms with E-state index in [2.05, 4.69) is 0 Å². The van der Waals surface area contributed by atoms with E-state index >= 15 is 0 Å². The average Bonchev–Trinajstić information content (AvgIpc) is 2.48. The topological polar surface area (TPSA) is 44.5 Å². The number of alkyl halides is 3. The summed E-state index contributed by atoms with van der Waals surface area (Å²) in [4.78, 5) is 0. The van der Waals surface area contributed by atoms with Gasteiger partial charge in [-0.1, -0.05) is 0 Å². The van der Waals surface area contributed by atoms with Crippen LogP contribution in [-0.4, -0.2) is 39.8 Å². The molecule has 6 heteroatoms. The van der Waals surface area contributed by atoms with Gasteiger partial charge < -0.3 is 15.2 Å². The van der Waals surface area contributed by atoms with Crippen molar-refractivity contribution in [2.75, 3.05) is 27.4 Å². The Morgan fingerprint density at radius 2 is 1.62 bits per heavy atom. The number of ether oxygens (including phenoxy) is 2. The number of nitrogens with two attached hydrogens (primary N) is 1. The van der Waals surface area contributed by atoms with Crippen molar-refractivity contribution in [3.8, 4) is 11.5 Å². The van der Waals surface area contributed by atoms with Crippen LogP contribution in [0.25, 0.3) is 0 Å². The molecule has 2 unspecified atom stereocenters. The van der Waals surface area contributed by atoms with Gasteiger partial charge in [-0.3, -0.25) is 4.39 Å². The van der Waals surface area contributed by atoms with Gasteiger partial charge in [-0.05, 0) is 30.7 Å². The lowest BCUT2D eigenvalue weighted by molar-refractivity contribution is 0.147. The maximum atomic E-state index is 13.8. The van der Waals surface area contributed by atoms with E-state index in [1.54, 1.807) is 12.1 Å². The van der Waals surface area contributed by atoms with Crippen molar-refractivity contribution in [2.24, 2.45) is 5.73 Å². The van der Waals surface area contributed by atoms with Crippen molar-refractivity contribution in [1.82, 2.24) is 0 Å². The number of hydrogen-bond acceptors (Lipinski definition) is 3. The summed E-state index contributed by atoms with van der Waals surface area (Å²) in [7, 11) is 2.96.